The molecule has 0 heterocycles. The summed E-state index contributed by atoms with van der Waals surface area (Å²) in [4.78, 5) is 11.3. The molecule has 96 valence electrons. The Morgan fingerprint density at radius 1 is 1.00 bits per heavy atom. The highest BCUT2D eigenvalue weighted by atomic mass is 16.2. The Balaban J connectivity index is 3.11. The number of nitrogens with two attached hydrogens (primary N) is 1. The molecule has 0 saturated carbocycles. The van der Waals surface area contributed by atoms with Crippen molar-refractivity contribution in [3.8, 4) is 0 Å². The van der Waals surface area contributed by atoms with Crippen molar-refractivity contribution >= 4 is 5.91 Å². The molecule has 0 aromatic carbocycles. The quantitative estimate of drug-likeness (QED) is 0.466. The lowest BCUT2D eigenvalue weighted by molar-refractivity contribution is -0.121. The Labute approximate surface area is 98.6 Å². The average Bonchev–Trinajstić information content (AvgIpc) is 2.29. The lowest BCUT2D eigenvalue weighted by Crippen LogP contribution is -2.24. The molecule has 0 radical (unpaired) electrons. The van der Waals surface area contributed by atoms with Crippen molar-refractivity contribution in [2.45, 2.75) is 51.4 Å². The Hall–Kier alpha value is -0.610. The predicted molar refractivity (Wildman–Crippen MR) is 66.1 cm³/mol. The van der Waals surface area contributed by atoms with E-state index in [2.05, 4.69) is 5.32 Å². The first-order valence-electron chi connectivity index (χ1n) is 6.39. The fraction of sp³-hybridized carbons (Fsp3) is 0.917. The van der Waals surface area contributed by atoms with E-state index in [1.165, 1.54) is 0 Å². The smallest absolute Gasteiger partial charge is 0.219 e. The zero-order chi connectivity index (χ0) is 12.1. The van der Waals surface area contributed by atoms with E-state index in [4.69, 9.17) is 10.8 Å². The molecule has 0 aromatic rings. The molecule has 0 fully saturated rings. The van der Waals surface area contributed by atoms with Gasteiger partial charge in [-0.1, -0.05) is 19.3 Å². The van der Waals surface area contributed by atoms with E-state index in [-0.39, 0.29) is 12.5 Å². The van der Waals surface area contributed by atoms with Crippen LogP contribution in [0.4, 0.5) is 0 Å². The van der Waals surface area contributed by atoms with Crippen LogP contribution in [0.1, 0.15) is 51.4 Å². The van der Waals surface area contributed by atoms with E-state index in [0.717, 1.165) is 51.5 Å². The molecule has 0 aliphatic heterocycles. The Morgan fingerprint density at radius 2 is 1.69 bits per heavy atom. The first kappa shape index (κ1) is 15.4. The van der Waals surface area contributed by atoms with E-state index in [1.807, 2.05) is 0 Å². The standard InChI is InChI=1S/C12H26N2O2/c13-9-5-3-4-8-12(16)14-10-6-1-2-7-11-15/h15H,1-11,13H2,(H,14,16). The molecule has 4 nitrogen and oxygen atoms in total. The summed E-state index contributed by atoms with van der Waals surface area (Å²) in [5.41, 5.74) is 5.37. The van der Waals surface area contributed by atoms with Gasteiger partial charge < -0.3 is 16.2 Å². The summed E-state index contributed by atoms with van der Waals surface area (Å²) in [6.07, 6.45) is 7.61. The van der Waals surface area contributed by atoms with E-state index in [0.29, 0.717) is 13.0 Å². The molecule has 0 atom stereocenters. The summed E-state index contributed by atoms with van der Waals surface area (Å²) >= 11 is 0. The van der Waals surface area contributed by atoms with Gasteiger partial charge in [0.1, 0.15) is 0 Å². The zero-order valence-electron chi connectivity index (χ0n) is 10.2. The third-order valence-electron chi connectivity index (χ3n) is 2.52. The van der Waals surface area contributed by atoms with Crippen LogP contribution in [0.2, 0.25) is 0 Å². The van der Waals surface area contributed by atoms with Gasteiger partial charge in [0, 0.05) is 19.6 Å². The first-order valence-corrected chi connectivity index (χ1v) is 6.39. The number of aliphatic hydroxyl groups is 1. The number of amides is 1. The minimum atomic E-state index is 0.152. The molecule has 1 amide bonds. The van der Waals surface area contributed by atoms with Gasteiger partial charge in [0.05, 0.1) is 0 Å². The van der Waals surface area contributed by atoms with Crippen molar-refractivity contribution < 1.29 is 9.90 Å². The Kier molecular flexibility index (Phi) is 12.0. The molecule has 4 heteroatoms. The Bertz CT molecular complexity index is 163. The van der Waals surface area contributed by atoms with Crippen molar-refractivity contribution in [3.63, 3.8) is 0 Å². The summed E-state index contributed by atoms with van der Waals surface area (Å²) in [7, 11) is 0. The molecular weight excluding hydrogens is 204 g/mol. The van der Waals surface area contributed by atoms with E-state index in [1.54, 1.807) is 0 Å². The van der Waals surface area contributed by atoms with Crippen LogP contribution in [0, 0.1) is 0 Å². The lowest BCUT2D eigenvalue weighted by atomic mass is 10.2. The maximum atomic E-state index is 11.3. The second-order valence-electron chi connectivity index (χ2n) is 4.09. The fourth-order valence-corrected chi connectivity index (χ4v) is 1.51. The molecule has 0 bridgehead atoms. The summed E-state index contributed by atoms with van der Waals surface area (Å²) in [6, 6.07) is 0. The zero-order valence-corrected chi connectivity index (χ0v) is 10.2. The third kappa shape index (κ3) is 11.5. The summed E-state index contributed by atoms with van der Waals surface area (Å²) in [5.74, 6) is 0.152. The Morgan fingerprint density at radius 3 is 2.38 bits per heavy atom. The van der Waals surface area contributed by atoms with Gasteiger partial charge in [0.15, 0.2) is 0 Å². The highest BCUT2D eigenvalue weighted by Crippen LogP contribution is 2.00. The van der Waals surface area contributed by atoms with E-state index in [9.17, 15) is 4.79 Å². The monoisotopic (exact) mass is 230 g/mol. The van der Waals surface area contributed by atoms with Crippen LogP contribution in [0.25, 0.3) is 0 Å². The normalized spacial score (nSPS) is 10.4. The molecule has 4 N–H and O–H groups in total. The molecule has 0 rings (SSSR count). The van der Waals surface area contributed by atoms with Crippen molar-refractivity contribution in [2.75, 3.05) is 19.7 Å². The molecule has 0 aromatic heterocycles. The second-order valence-corrected chi connectivity index (χ2v) is 4.09. The topological polar surface area (TPSA) is 75.4 Å². The van der Waals surface area contributed by atoms with Gasteiger partial charge in [0.2, 0.25) is 5.91 Å². The summed E-state index contributed by atoms with van der Waals surface area (Å²) < 4.78 is 0. The number of carbonyl (C=O) groups excluding carboxylic acids is 1. The summed E-state index contributed by atoms with van der Waals surface area (Å²) in [5, 5.41) is 11.5. The van der Waals surface area contributed by atoms with Gasteiger partial charge in [-0.25, -0.2) is 0 Å². The van der Waals surface area contributed by atoms with E-state index < -0.39 is 0 Å². The van der Waals surface area contributed by atoms with Crippen molar-refractivity contribution in [2.24, 2.45) is 5.73 Å². The number of unbranched alkanes of at least 4 members (excludes halogenated alkanes) is 5. The number of carbonyl (C=O) groups is 1. The minimum absolute atomic E-state index is 0.152. The van der Waals surface area contributed by atoms with Crippen molar-refractivity contribution in [1.82, 2.24) is 5.32 Å². The van der Waals surface area contributed by atoms with Crippen LogP contribution in [-0.4, -0.2) is 30.7 Å². The van der Waals surface area contributed by atoms with Crippen LogP contribution in [-0.2, 0) is 4.79 Å². The summed E-state index contributed by atoms with van der Waals surface area (Å²) in [6.45, 7) is 1.75. The van der Waals surface area contributed by atoms with Gasteiger partial charge >= 0.3 is 0 Å². The largest absolute Gasteiger partial charge is 0.396 e. The molecular formula is C12H26N2O2. The van der Waals surface area contributed by atoms with Crippen LogP contribution < -0.4 is 11.1 Å². The van der Waals surface area contributed by atoms with Crippen molar-refractivity contribution in [1.29, 1.82) is 0 Å². The lowest BCUT2D eigenvalue weighted by Gasteiger charge is -2.04. The molecule has 0 aliphatic rings. The van der Waals surface area contributed by atoms with Crippen LogP contribution in [0.5, 0.6) is 0 Å². The van der Waals surface area contributed by atoms with Crippen LogP contribution >= 0.6 is 0 Å². The molecule has 16 heavy (non-hydrogen) atoms. The molecule has 0 spiro atoms. The fourth-order valence-electron chi connectivity index (χ4n) is 1.51. The maximum absolute atomic E-state index is 11.3. The first-order chi connectivity index (χ1) is 7.81. The van der Waals surface area contributed by atoms with Crippen LogP contribution in [0.15, 0.2) is 0 Å². The second kappa shape index (κ2) is 12.5. The highest BCUT2D eigenvalue weighted by molar-refractivity contribution is 5.75. The van der Waals surface area contributed by atoms with Gasteiger partial charge in [-0.2, -0.15) is 0 Å². The molecule has 0 aliphatic carbocycles. The van der Waals surface area contributed by atoms with Gasteiger partial charge in [-0.15, -0.1) is 0 Å². The minimum Gasteiger partial charge on any atom is -0.396 e. The molecule has 0 saturated heterocycles. The number of aliphatic hydroxyl groups excluding tert-OH is 1. The number of rotatable bonds is 11. The average molecular weight is 230 g/mol. The highest BCUT2D eigenvalue weighted by Gasteiger charge is 1.99. The van der Waals surface area contributed by atoms with Crippen molar-refractivity contribution in [3.05, 3.63) is 0 Å². The van der Waals surface area contributed by atoms with Gasteiger partial charge in [0.25, 0.3) is 0 Å². The van der Waals surface area contributed by atoms with E-state index >= 15 is 0 Å². The van der Waals surface area contributed by atoms with Gasteiger partial charge in [-0.3, -0.25) is 4.79 Å². The number of hydrogen-bond acceptors (Lipinski definition) is 3. The van der Waals surface area contributed by atoms with Gasteiger partial charge in [-0.05, 0) is 32.2 Å². The molecule has 0 unspecified atom stereocenters. The SMILES string of the molecule is NCCCCCC(=O)NCCCCCCO. The maximum Gasteiger partial charge on any atom is 0.219 e. The van der Waals surface area contributed by atoms with Crippen LogP contribution in [0.3, 0.4) is 0 Å². The number of hydrogen-bond donors (Lipinski definition) is 3. The predicted octanol–water partition coefficient (Wildman–Crippen LogP) is 1.17. The third-order valence-corrected chi connectivity index (χ3v) is 2.52. The number of nitrogens with one attached hydrogen (secondary N) is 1.